The maximum atomic E-state index is 13.3. The highest BCUT2D eigenvalue weighted by atomic mass is 32.2. The second-order valence-corrected chi connectivity index (χ2v) is 10.2. The molecule has 0 fully saturated rings. The van der Waals surface area contributed by atoms with Crippen LogP contribution in [0.25, 0.3) is 0 Å². The standard InChI is InChI=1S/C25H39N5O6S/c1-15(2)13-20(25(35)36)30-23(33)18(9-10-21(27)31)28-24(34)19(14-16-7-5-4-6-8-16)29-22(32)17(26)11-12-37-3/h4-8,15,17-20H,9-14,26H2,1-3H3,(H2,27,31)(H,28,34)(H,29,32)(H,30,33)(H,35,36). The van der Waals surface area contributed by atoms with Crippen LogP contribution in [0.5, 0.6) is 0 Å². The Hall–Kier alpha value is -3.12. The summed E-state index contributed by atoms with van der Waals surface area (Å²) in [6, 6.07) is 4.69. The van der Waals surface area contributed by atoms with Crippen molar-refractivity contribution in [3.8, 4) is 0 Å². The first-order chi connectivity index (χ1) is 17.4. The molecule has 206 valence electrons. The second-order valence-electron chi connectivity index (χ2n) is 9.23. The van der Waals surface area contributed by atoms with E-state index in [-0.39, 0.29) is 31.6 Å². The molecular weight excluding hydrogens is 498 g/mol. The maximum absolute atomic E-state index is 13.3. The minimum atomic E-state index is -1.24. The molecule has 4 amide bonds. The molecule has 4 unspecified atom stereocenters. The Morgan fingerprint density at radius 3 is 2.00 bits per heavy atom. The highest BCUT2D eigenvalue weighted by Gasteiger charge is 2.31. The van der Waals surface area contributed by atoms with Crippen LogP contribution < -0.4 is 27.4 Å². The van der Waals surface area contributed by atoms with Gasteiger partial charge >= 0.3 is 5.97 Å². The van der Waals surface area contributed by atoms with Gasteiger partial charge in [-0.15, -0.1) is 0 Å². The number of hydrogen-bond acceptors (Lipinski definition) is 7. The van der Waals surface area contributed by atoms with Gasteiger partial charge < -0.3 is 32.5 Å². The Labute approximate surface area is 221 Å². The van der Waals surface area contributed by atoms with Crippen LogP contribution in [0.2, 0.25) is 0 Å². The highest BCUT2D eigenvalue weighted by Crippen LogP contribution is 2.09. The Bertz CT molecular complexity index is 914. The van der Waals surface area contributed by atoms with Crippen molar-refractivity contribution in [3.63, 3.8) is 0 Å². The van der Waals surface area contributed by atoms with Gasteiger partial charge in [-0.05, 0) is 42.8 Å². The Morgan fingerprint density at radius 1 is 0.892 bits per heavy atom. The number of nitrogens with two attached hydrogens (primary N) is 2. The Morgan fingerprint density at radius 2 is 1.46 bits per heavy atom. The molecule has 0 radical (unpaired) electrons. The van der Waals surface area contributed by atoms with Gasteiger partial charge in [0.1, 0.15) is 18.1 Å². The largest absolute Gasteiger partial charge is 0.480 e. The van der Waals surface area contributed by atoms with Gasteiger partial charge in [-0.25, -0.2) is 4.79 Å². The van der Waals surface area contributed by atoms with Crippen molar-refractivity contribution in [1.29, 1.82) is 0 Å². The van der Waals surface area contributed by atoms with Crippen LogP contribution in [0.15, 0.2) is 30.3 Å². The monoisotopic (exact) mass is 537 g/mol. The zero-order chi connectivity index (χ0) is 28.0. The highest BCUT2D eigenvalue weighted by molar-refractivity contribution is 7.98. The number of hydrogen-bond donors (Lipinski definition) is 6. The molecule has 0 spiro atoms. The molecule has 0 aliphatic heterocycles. The van der Waals surface area contributed by atoms with Gasteiger partial charge in [0, 0.05) is 12.8 Å². The lowest BCUT2D eigenvalue weighted by atomic mass is 10.0. The smallest absolute Gasteiger partial charge is 0.326 e. The second kappa shape index (κ2) is 16.6. The van der Waals surface area contributed by atoms with Gasteiger partial charge in [0.05, 0.1) is 6.04 Å². The van der Waals surface area contributed by atoms with Crippen molar-refractivity contribution in [1.82, 2.24) is 16.0 Å². The SMILES string of the molecule is CSCCC(N)C(=O)NC(Cc1ccccc1)C(=O)NC(CCC(N)=O)C(=O)NC(CC(C)C)C(=O)O. The molecule has 0 aromatic heterocycles. The van der Waals surface area contributed by atoms with Crippen molar-refractivity contribution in [3.05, 3.63) is 35.9 Å². The number of carboxylic acids is 1. The van der Waals surface area contributed by atoms with Gasteiger partial charge in [-0.3, -0.25) is 19.2 Å². The first-order valence-corrected chi connectivity index (χ1v) is 13.5. The summed E-state index contributed by atoms with van der Waals surface area (Å²) in [6.45, 7) is 3.63. The van der Waals surface area contributed by atoms with Crippen LogP contribution >= 0.6 is 11.8 Å². The molecule has 8 N–H and O–H groups in total. The third-order valence-corrected chi connectivity index (χ3v) is 6.16. The zero-order valence-electron chi connectivity index (χ0n) is 21.6. The summed E-state index contributed by atoms with van der Waals surface area (Å²) < 4.78 is 0. The van der Waals surface area contributed by atoms with Gasteiger partial charge in [-0.1, -0.05) is 44.2 Å². The van der Waals surface area contributed by atoms with E-state index in [2.05, 4.69) is 16.0 Å². The molecule has 0 aliphatic carbocycles. The lowest BCUT2D eigenvalue weighted by molar-refractivity contribution is -0.143. The summed E-state index contributed by atoms with van der Waals surface area (Å²) >= 11 is 1.54. The van der Waals surface area contributed by atoms with Gasteiger partial charge in [0.15, 0.2) is 0 Å². The fourth-order valence-electron chi connectivity index (χ4n) is 3.51. The number of carboxylic acid groups (broad SMARTS) is 1. The van der Waals surface area contributed by atoms with E-state index >= 15 is 0 Å². The normalized spacial score (nSPS) is 14.2. The van der Waals surface area contributed by atoms with E-state index in [4.69, 9.17) is 11.5 Å². The van der Waals surface area contributed by atoms with Gasteiger partial charge in [0.2, 0.25) is 23.6 Å². The lowest BCUT2D eigenvalue weighted by Gasteiger charge is -2.25. The first-order valence-electron chi connectivity index (χ1n) is 12.1. The average molecular weight is 538 g/mol. The predicted molar refractivity (Wildman–Crippen MR) is 142 cm³/mol. The van der Waals surface area contributed by atoms with Crippen LogP contribution in [-0.2, 0) is 30.4 Å². The number of rotatable bonds is 17. The average Bonchev–Trinajstić information content (AvgIpc) is 2.83. The molecule has 1 aromatic rings. The Kier molecular flexibility index (Phi) is 14.3. The van der Waals surface area contributed by atoms with Crippen LogP contribution in [0, 0.1) is 5.92 Å². The maximum Gasteiger partial charge on any atom is 0.326 e. The van der Waals surface area contributed by atoms with Crippen molar-refractivity contribution in [2.45, 2.75) is 70.1 Å². The molecule has 0 saturated heterocycles. The minimum absolute atomic E-state index is 0.0131. The van der Waals surface area contributed by atoms with Crippen molar-refractivity contribution >= 4 is 41.4 Å². The van der Waals surface area contributed by atoms with Gasteiger partial charge in [0.25, 0.3) is 0 Å². The number of carbonyl (C=O) groups is 5. The number of aliphatic carboxylic acids is 1. The molecule has 12 heteroatoms. The molecule has 0 bridgehead atoms. The fraction of sp³-hybridized carbons (Fsp3) is 0.560. The number of benzene rings is 1. The summed E-state index contributed by atoms with van der Waals surface area (Å²) in [6.07, 6.45) is 2.27. The molecule has 4 atom stereocenters. The molecule has 0 aliphatic rings. The predicted octanol–water partition coefficient (Wildman–Crippen LogP) is 0.160. The number of amides is 4. The molecule has 0 heterocycles. The first kappa shape index (κ1) is 31.9. The quantitative estimate of drug-likeness (QED) is 0.162. The lowest BCUT2D eigenvalue weighted by Crippen LogP contribution is -2.57. The van der Waals surface area contributed by atoms with E-state index in [0.717, 1.165) is 5.56 Å². The summed E-state index contributed by atoms with van der Waals surface area (Å²) in [5.74, 6) is -3.18. The summed E-state index contributed by atoms with van der Waals surface area (Å²) in [7, 11) is 0. The van der Waals surface area contributed by atoms with Crippen LogP contribution in [0.3, 0.4) is 0 Å². The summed E-state index contributed by atoms with van der Waals surface area (Å²) in [5, 5.41) is 17.1. The van der Waals surface area contributed by atoms with E-state index in [1.165, 1.54) is 0 Å². The summed E-state index contributed by atoms with van der Waals surface area (Å²) in [5.41, 5.74) is 12.0. The topological polar surface area (TPSA) is 194 Å². The van der Waals surface area contributed by atoms with E-state index < -0.39 is 53.8 Å². The van der Waals surface area contributed by atoms with Gasteiger partial charge in [-0.2, -0.15) is 11.8 Å². The fourth-order valence-corrected chi connectivity index (χ4v) is 4.00. The number of carbonyl (C=O) groups excluding carboxylic acids is 4. The number of thioether (sulfide) groups is 1. The van der Waals surface area contributed by atoms with Crippen molar-refractivity contribution < 1.29 is 29.1 Å². The van der Waals surface area contributed by atoms with E-state index in [9.17, 15) is 29.1 Å². The number of primary amides is 1. The van der Waals surface area contributed by atoms with Crippen LogP contribution in [0.1, 0.15) is 45.1 Å². The van der Waals surface area contributed by atoms with Crippen LogP contribution in [-0.4, -0.2) is 70.9 Å². The molecular formula is C25H39N5O6S. The third-order valence-electron chi connectivity index (χ3n) is 5.52. The van der Waals surface area contributed by atoms with E-state index in [0.29, 0.717) is 12.2 Å². The molecule has 11 nitrogen and oxygen atoms in total. The minimum Gasteiger partial charge on any atom is -0.480 e. The molecule has 37 heavy (non-hydrogen) atoms. The Balaban J connectivity index is 3.11. The molecule has 1 rings (SSSR count). The van der Waals surface area contributed by atoms with Crippen LogP contribution in [0.4, 0.5) is 0 Å². The summed E-state index contributed by atoms with van der Waals surface area (Å²) in [4.78, 5) is 61.9. The molecule has 1 aromatic carbocycles. The number of nitrogens with one attached hydrogen (secondary N) is 3. The van der Waals surface area contributed by atoms with E-state index in [1.807, 2.05) is 26.2 Å². The van der Waals surface area contributed by atoms with Crippen molar-refractivity contribution in [2.24, 2.45) is 17.4 Å². The van der Waals surface area contributed by atoms with E-state index in [1.54, 1.807) is 36.0 Å². The molecule has 0 saturated carbocycles. The van der Waals surface area contributed by atoms with Crippen molar-refractivity contribution in [2.75, 3.05) is 12.0 Å². The zero-order valence-corrected chi connectivity index (χ0v) is 22.4. The third kappa shape index (κ3) is 12.6.